The molecule has 0 radical (unpaired) electrons. The van der Waals surface area contributed by atoms with Gasteiger partial charge in [0.15, 0.2) is 5.16 Å². The molecule has 0 saturated heterocycles. The third-order valence-corrected chi connectivity index (χ3v) is 6.28. The lowest BCUT2D eigenvalue weighted by Gasteiger charge is -2.34. The zero-order valence-corrected chi connectivity index (χ0v) is 21.8. The predicted octanol–water partition coefficient (Wildman–Crippen LogP) is 2.80. The van der Waals surface area contributed by atoms with Gasteiger partial charge in [0.05, 0.1) is 44.4 Å². The van der Waals surface area contributed by atoms with E-state index in [1.165, 1.54) is 11.8 Å². The molecule has 8 heteroatoms. The molecule has 2 unspecified atom stereocenters. The summed E-state index contributed by atoms with van der Waals surface area (Å²) in [5.41, 5.74) is 1.49. The van der Waals surface area contributed by atoms with Crippen LogP contribution < -0.4 is 5.11 Å². The summed E-state index contributed by atoms with van der Waals surface area (Å²) < 4.78 is 2.12. The maximum Gasteiger partial charge on any atom is 0.306 e. The number of quaternary nitrogens is 1. The summed E-state index contributed by atoms with van der Waals surface area (Å²) in [4.78, 5) is 27.5. The number of thioether (sulfide) groups is 1. The Bertz CT molecular complexity index is 1130. The molecule has 0 aromatic carbocycles. The minimum Gasteiger partial charge on any atom is -0.544 e. The second kappa shape index (κ2) is 13.0. The molecule has 1 aliphatic rings. The fourth-order valence-corrected chi connectivity index (χ4v) is 4.17. The topological polar surface area (TPSA) is 95.2 Å². The normalized spacial score (nSPS) is 15.8. The number of nitrogens with zero attached hydrogens (tertiary/aromatic N) is 3. The van der Waals surface area contributed by atoms with Crippen molar-refractivity contribution in [3.05, 3.63) is 41.6 Å². The number of hydrogen-bond acceptors (Lipinski definition) is 5. The van der Waals surface area contributed by atoms with E-state index in [1.54, 1.807) is 18.2 Å². The largest absolute Gasteiger partial charge is 0.544 e. The van der Waals surface area contributed by atoms with Gasteiger partial charge in [-0.05, 0) is 48.2 Å². The van der Waals surface area contributed by atoms with E-state index in [9.17, 15) is 19.8 Å². The third kappa shape index (κ3) is 9.16. The Labute approximate surface area is 212 Å². The van der Waals surface area contributed by atoms with Crippen molar-refractivity contribution in [3.8, 4) is 23.7 Å². The molecule has 7 nitrogen and oxygen atoms in total. The average Bonchev–Trinajstić information content (AvgIpc) is 3.18. The fraction of sp³-hybridized carbons (Fsp3) is 0.444. The average molecular weight is 496 g/mol. The highest BCUT2D eigenvalue weighted by Crippen LogP contribution is 2.29. The molecule has 2 rings (SSSR count). The molecule has 0 spiro atoms. The standard InChI is InChI=1S/C27H33N3O4S/c1-20(2)14-15-21(25(31)32)12-10-8-6-7-9-11-13-23-16-17-35-27-28-22(19-29(23)27)18-24(26(33)34)30(3,4)5/h8,10,13,16-17,19-21,24H,12,14-15,18H2,1-5H3,(H-,31,32,33,34)/b10-8+,23-13+. The van der Waals surface area contributed by atoms with E-state index < -0.39 is 18.0 Å². The number of carbonyl (C=O) groups excluding carboxylic acids is 1. The summed E-state index contributed by atoms with van der Waals surface area (Å²) >= 11 is 1.45. The first-order chi connectivity index (χ1) is 16.5. The predicted molar refractivity (Wildman–Crippen MR) is 137 cm³/mol. The third-order valence-electron chi connectivity index (χ3n) is 5.51. The molecule has 0 saturated carbocycles. The number of aliphatic carboxylic acids is 2. The van der Waals surface area contributed by atoms with E-state index in [1.807, 2.05) is 43.4 Å². The molecule has 2 heterocycles. The zero-order valence-electron chi connectivity index (χ0n) is 20.9. The lowest BCUT2D eigenvalue weighted by Crippen LogP contribution is -2.55. The van der Waals surface area contributed by atoms with Crippen LogP contribution in [-0.2, 0) is 16.0 Å². The number of aromatic nitrogens is 2. The van der Waals surface area contributed by atoms with Crippen LogP contribution >= 0.6 is 11.8 Å². The first-order valence-corrected chi connectivity index (χ1v) is 12.4. The summed E-state index contributed by atoms with van der Waals surface area (Å²) in [7, 11) is 5.46. The molecule has 1 aromatic rings. The van der Waals surface area contributed by atoms with Gasteiger partial charge in [-0.2, -0.15) is 0 Å². The van der Waals surface area contributed by atoms with Crippen LogP contribution in [0.15, 0.2) is 41.1 Å². The molecule has 1 aromatic heterocycles. The van der Waals surface area contributed by atoms with Gasteiger partial charge in [0.2, 0.25) is 0 Å². The van der Waals surface area contributed by atoms with Gasteiger partial charge in [0.1, 0.15) is 6.04 Å². The zero-order chi connectivity index (χ0) is 26.0. The van der Waals surface area contributed by atoms with Crippen molar-refractivity contribution < 1.29 is 24.3 Å². The molecule has 186 valence electrons. The first kappa shape index (κ1) is 28.0. The van der Waals surface area contributed by atoms with Gasteiger partial charge in [0, 0.05) is 18.7 Å². The second-order valence-corrected chi connectivity index (χ2v) is 10.6. The number of fused-ring (bicyclic) bond motifs is 1. The number of hydrogen-bond donors (Lipinski definition) is 1. The number of likely N-dealkylation sites (N-methyl/N-ethyl adjacent to an activating group) is 1. The smallest absolute Gasteiger partial charge is 0.306 e. The Hall–Kier alpha value is -3.20. The molecule has 1 N–H and O–H groups in total. The number of carboxylic acid groups (broad SMARTS) is 2. The van der Waals surface area contributed by atoms with Crippen LogP contribution in [0.1, 0.15) is 38.8 Å². The molecular weight excluding hydrogens is 462 g/mol. The summed E-state index contributed by atoms with van der Waals surface area (Å²) in [6, 6.07) is -0.707. The number of carbonyl (C=O) groups is 2. The van der Waals surface area contributed by atoms with E-state index in [0.29, 0.717) is 24.5 Å². The summed E-state index contributed by atoms with van der Waals surface area (Å²) in [5.74, 6) is 9.46. The van der Waals surface area contributed by atoms with Crippen LogP contribution in [0.2, 0.25) is 0 Å². The van der Waals surface area contributed by atoms with Crippen LogP contribution in [-0.4, -0.2) is 58.3 Å². The summed E-state index contributed by atoms with van der Waals surface area (Å²) in [6.07, 6.45) is 11.2. The molecule has 35 heavy (non-hydrogen) atoms. The van der Waals surface area contributed by atoms with Gasteiger partial charge in [-0.15, -0.1) is 0 Å². The minimum absolute atomic E-state index is 0.242. The maximum atomic E-state index is 11.6. The highest BCUT2D eigenvalue weighted by atomic mass is 32.2. The summed E-state index contributed by atoms with van der Waals surface area (Å²) in [6.45, 7) is 4.17. The number of carboxylic acids is 2. The van der Waals surface area contributed by atoms with E-state index in [2.05, 4.69) is 42.5 Å². The van der Waals surface area contributed by atoms with Crippen LogP contribution in [0.5, 0.6) is 0 Å². The lowest BCUT2D eigenvalue weighted by molar-refractivity contribution is -0.889. The van der Waals surface area contributed by atoms with Gasteiger partial charge in [-0.25, -0.2) is 4.98 Å². The van der Waals surface area contributed by atoms with Crippen molar-refractivity contribution in [1.82, 2.24) is 9.55 Å². The number of rotatable bonds is 10. The monoisotopic (exact) mass is 495 g/mol. The summed E-state index contributed by atoms with van der Waals surface area (Å²) in [5, 5.41) is 23.6. The van der Waals surface area contributed by atoms with E-state index in [4.69, 9.17) is 0 Å². The Morgan fingerprint density at radius 3 is 2.57 bits per heavy atom. The van der Waals surface area contributed by atoms with Crippen molar-refractivity contribution in [1.29, 1.82) is 0 Å². The quantitative estimate of drug-likeness (QED) is 0.396. The SMILES string of the molecule is CC(C)CCC(C/C=C/C#CC#C/C=C1\C=CSc2nc(CC(C(=O)[O-])[N+](C)(C)C)cn21)C(=O)O. The Morgan fingerprint density at radius 1 is 1.23 bits per heavy atom. The molecule has 2 atom stereocenters. The first-order valence-electron chi connectivity index (χ1n) is 11.5. The van der Waals surface area contributed by atoms with Gasteiger partial charge >= 0.3 is 5.97 Å². The van der Waals surface area contributed by atoms with Crippen molar-refractivity contribution >= 4 is 29.4 Å². The number of allylic oxidation sites excluding steroid dienone is 5. The molecule has 0 aliphatic carbocycles. The maximum absolute atomic E-state index is 11.6. The van der Waals surface area contributed by atoms with Crippen molar-refractivity contribution in [2.24, 2.45) is 11.8 Å². The minimum atomic E-state index is -1.10. The van der Waals surface area contributed by atoms with Crippen molar-refractivity contribution in [2.45, 2.75) is 50.7 Å². The molecule has 0 fully saturated rings. The lowest BCUT2D eigenvalue weighted by atomic mass is 9.95. The van der Waals surface area contributed by atoms with Gasteiger partial charge in [-0.3, -0.25) is 9.36 Å². The van der Waals surface area contributed by atoms with Crippen molar-refractivity contribution in [2.75, 3.05) is 21.1 Å². The molecule has 1 aliphatic heterocycles. The molecular formula is C27H33N3O4S. The van der Waals surface area contributed by atoms with Crippen LogP contribution in [0.4, 0.5) is 0 Å². The van der Waals surface area contributed by atoms with Gasteiger partial charge in [-0.1, -0.05) is 49.9 Å². The van der Waals surface area contributed by atoms with Crippen LogP contribution in [0.3, 0.4) is 0 Å². The highest BCUT2D eigenvalue weighted by molar-refractivity contribution is 8.02. The molecule has 0 amide bonds. The fourth-order valence-electron chi connectivity index (χ4n) is 3.40. The van der Waals surface area contributed by atoms with Crippen LogP contribution in [0.25, 0.3) is 5.70 Å². The van der Waals surface area contributed by atoms with Gasteiger partial charge in [0.25, 0.3) is 0 Å². The van der Waals surface area contributed by atoms with Gasteiger partial charge < -0.3 is 19.5 Å². The highest BCUT2D eigenvalue weighted by Gasteiger charge is 2.27. The van der Waals surface area contributed by atoms with Crippen LogP contribution in [0, 0.1) is 35.5 Å². The Balaban J connectivity index is 2.03. The van der Waals surface area contributed by atoms with E-state index >= 15 is 0 Å². The second-order valence-electron chi connectivity index (χ2n) is 9.71. The van der Waals surface area contributed by atoms with E-state index in [0.717, 1.165) is 17.3 Å². The van der Waals surface area contributed by atoms with E-state index in [-0.39, 0.29) is 16.8 Å². The molecule has 0 bridgehead atoms. The Morgan fingerprint density at radius 2 is 1.94 bits per heavy atom. The number of imidazole rings is 1. The Kier molecular flexibility index (Phi) is 10.4. The van der Waals surface area contributed by atoms with Crippen molar-refractivity contribution in [3.63, 3.8) is 0 Å².